The van der Waals surface area contributed by atoms with Crippen LogP contribution in [0.25, 0.3) is 11.1 Å². The van der Waals surface area contributed by atoms with Crippen LogP contribution in [0.15, 0.2) is 30.3 Å². The van der Waals surface area contributed by atoms with Crippen molar-refractivity contribution in [2.24, 2.45) is 5.41 Å². The molecule has 1 aliphatic rings. The molecule has 0 aromatic heterocycles. The zero-order valence-corrected chi connectivity index (χ0v) is 13.4. The van der Waals surface area contributed by atoms with Gasteiger partial charge in [-0.05, 0) is 35.4 Å². The molecule has 0 aliphatic carbocycles. The van der Waals surface area contributed by atoms with Gasteiger partial charge in [-0.3, -0.25) is 0 Å². The summed E-state index contributed by atoms with van der Waals surface area (Å²) in [5, 5.41) is 20.1. The van der Waals surface area contributed by atoms with E-state index in [1.807, 2.05) is 0 Å². The third kappa shape index (κ3) is 3.05. The van der Waals surface area contributed by atoms with Crippen molar-refractivity contribution >= 4 is 11.9 Å². The summed E-state index contributed by atoms with van der Waals surface area (Å²) >= 11 is 0. The maximum Gasteiger partial charge on any atom is 0.165 e. The Kier molecular flexibility index (Phi) is 4.15. The van der Waals surface area contributed by atoms with E-state index >= 15 is 0 Å². The highest BCUT2D eigenvalue weighted by Crippen LogP contribution is 2.34. The standard InChI is InChI=1S/C18H20FN3O2/c1-18(8-22-9-18)10-24-17-6-12(5-15(21)13(17)7-20)11-2-3-16(23)14(19)4-11/h2-7,20,22-23H,8-10,21H2,1H3. The lowest BCUT2D eigenvalue weighted by Gasteiger charge is -2.39. The topological polar surface area (TPSA) is 91.4 Å². The zero-order chi connectivity index (χ0) is 17.3. The third-order valence-electron chi connectivity index (χ3n) is 4.28. The van der Waals surface area contributed by atoms with E-state index in [-0.39, 0.29) is 5.41 Å². The fourth-order valence-electron chi connectivity index (χ4n) is 2.68. The Balaban J connectivity index is 1.95. The number of halogens is 1. The Labute approximate surface area is 139 Å². The van der Waals surface area contributed by atoms with Crippen LogP contribution in [-0.2, 0) is 0 Å². The predicted octanol–water partition coefficient (Wildman–Crippen LogP) is 2.77. The van der Waals surface area contributed by atoms with E-state index in [1.165, 1.54) is 12.1 Å². The molecule has 6 heteroatoms. The maximum absolute atomic E-state index is 13.6. The van der Waals surface area contributed by atoms with Crippen LogP contribution in [-0.4, -0.2) is 31.0 Å². The number of anilines is 1. The summed E-state index contributed by atoms with van der Waals surface area (Å²) in [6, 6.07) is 7.57. The predicted molar refractivity (Wildman–Crippen MR) is 92.3 cm³/mol. The maximum atomic E-state index is 13.6. The monoisotopic (exact) mass is 329 g/mol. The highest BCUT2D eigenvalue weighted by Gasteiger charge is 2.32. The van der Waals surface area contributed by atoms with Gasteiger partial charge in [-0.15, -0.1) is 0 Å². The molecule has 0 radical (unpaired) electrons. The van der Waals surface area contributed by atoms with Crippen LogP contribution in [0.3, 0.4) is 0 Å². The third-order valence-corrected chi connectivity index (χ3v) is 4.28. The van der Waals surface area contributed by atoms with Crippen LogP contribution in [0.1, 0.15) is 12.5 Å². The molecule has 0 bridgehead atoms. The summed E-state index contributed by atoms with van der Waals surface area (Å²) in [6.45, 7) is 4.39. The lowest BCUT2D eigenvalue weighted by molar-refractivity contribution is 0.102. The second kappa shape index (κ2) is 6.13. The van der Waals surface area contributed by atoms with E-state index in [0.29, 0.717) is 34.7 Å². The number of phenolic OH excluding ortho intramolecular Hbond substituents is 1. The molecule has 0 amide bonds. The van der Waals surface area contributed by atoms with E-state index in [1.54, 1.807) is 18.2 Å². The van der Waals surface area contributed by atoms with Gasteiger partial charge < -0.3 is 26.3 Å². The van der Waals surface area contributed by atoms with Gasteiger partial charge in [0.1, 0.15) is 5.75 Å². The first-order valence-electron chi connectivity index (χ1n) is 7.68. The molecule has 126 valence electrons. The molecule has 5 nitrogen and oxygen atoms in total. The Morgan fingerprint density at radius 1 is 1.33 bits per heavy atom. The molecule has 2 aromatic carbocycles. The van der Waals surface area contributed by atoms with Gasteiger partial charge in [0.25, 0.3) is 0 Å². The number of phenols is 1. The Morgan fingerprint density at radius 2 is 2.08 bits per heavy atom. The number of hydrogen-bond donors (Lipinski definition) is 4. The van der Waals surface area contributed by atoms with E-state index in [9.17, 15) is 9.50 Å². The van der Waals surface area contributed by atoms with Gasteiger partial charge in [-0.1, -0.05) is 13.0 Å². The minimum Gasteiger partial charge on any atom is -0.505 e. The number of aromatic hydroxyl groups is 1. The molecule has 1 saturated heterocycles. The van der Waals surface area contributed by atoms with Crippen molar-refractivity contribution in [3.63, 3.8) is 0 Å². The molecule has 0 saturated carbocycles. The van der Waals surface area contributed by atoms with Crippen molar-refractivity contribution in [3.05, 3.63) is 41.7 Å². The van der Waals surface area contributed by atoms with Crippen LogP contribution in [0.2, 0.25) is 0 Å². The van der Waals surface area contributed by atoms with Gasteiger partial charge in [0.2, 0.25) is 0 Å². The van der Waals surface area contributed by atoms with Gasteiger partial charge >= 0.3 is 0 Å². The zero-order valence-electron chi connectivity index (χ0n) is 13.4. The van der Waals surface area contributed by atoms with Crippen molar-refractivity contribution in [1.82, 2.24) is 5.32 Å². The Bertz CT molecular complexity index is 788. The summed E-state index contributed by atoms with van der Waals surface area (Å²) in [5.74, 6) is -0.593. The van der Waals surface area contributed by atoms with Gasteiger partial charge in [0.15, 0.2) is 11.6 Å². The Hall–Kier alpha value is -2.60. The van der Waals surface area contributed by atoms with Crippen molar-refractivity contribution in [2.45, 2.75) is 6.92 Å². The minimum absolute atomic E-state index is 0.0642. The molecular weight excluding hydrogens is 309 g/mol. The molecule has 0 unspecified atom stereocenters. The molecule has 1 aliphatic heterocycles. The molecule has 24 heavy (non-hydrogen) atoms. The highest BCUT2D eigenvalue weighted by atomic mass is 19.1. The van der Waals surface area contributed by atoms with E-state index in [0.717, 1.165) is 19.3 Å². The Morgan fingerprint density at radius 3 is 2.67 bits per heavy atom. The highest BCUT2D eigenvalue weighted by molar-refractivity contribution is 5.91. The molecular formula is C18H20FN3O2. The van der Waals surface area contributed by atoms with Crippen LogP contribution < -0.4 is 15.8 Å². The van der Waals surface area contributed by atoms with Crippen LogP contribution in [0.5, 0.6) is 11.5 Å². The lowest BCUT2D eigenvalue weighted by atomic mass is 9.85. The van der Waals surface area contributed by atoms with Crippen LogP contribution in [0.4, 0.5) is 10.1 Å². The molecule has 0 spiro atoms. The fraction of sp³-hybridized carbons (Fsp3) is 0.278. The van der Waals surface area contributed by atoms with E-state index < -0.39 is 11.6 Å². The molecule has 0 atom stereocenters. The normalized spacial score (nSPS) is 15.6. The molecule has 2 aromatic rings. The summed E-state index contributed by atoms with van der Waals surface area (Å²) in [4.78, 5) is 0. The van der Waals surface area contributed by atoms with Crippen molar-refractivity contribution in [1.29, 1.82) is 5.41 Å². The fourth-order valence-corrected chi connectivity index (χ4v) is 2.68. The molecule has 3 rings (SSSR count). The first-order chi connectivity index (χ1) is 11.4. The number of rotatable bonds is 5. The second-order valence-corrected chi connectivity index (χ2v) is 6.49. The van der Waals surface area contributed by atoms with Gasteiger partial charge in [0, 0.05) is 30.4 Å². The number of nitrogen functional groups attached to an aromatic ring is 1. The van der Waals surface area contributed by atoms with Crippen molar-refractivity contribution < 1.29 is 14.2 Å². The summed E-state index contributed by atoms with van der Waals surface area (Å²) in [5.41, 5.74) is 8.25. The van der Waals surface area contributed by atoms with Gasteiger partial charge in [-0.2, -0.15) is 0 Å². The number of nitrogens with one attached hydrogen (secondary N) is 2. The lowest BCUT2D eigenvalue weighted by Crippen LogP contribution is -2.54. The van der Waals surface area contributed by atoms with Crippen LogP contribution in [0, 0.1) is 16.6 Å². The van der Waals surface area contributed by atoms with Crippen molar-refractivity contribution in [2.75, 3.05) is 25.4 Å². The van der Waals surface area contributed by atoms with Crippen LogP contribution >= 0.6 is 0 Å². The first kappa shape index (κ1) is 16.3. The number of ether oxygens (including phenoxy) is 1. The summed E-state index contributed by atoms with van der Waals surface area (Å²) in [7, 11) is 0. The second-order valence-electron chi connectivity index (χ2n) is 6.49. The number of benzene rings is 2. The summed E-state index contributed by atoms with van der Waals surface area (Å²) in [6.07, 6.45) is 1.16. The smallest absolute Gasteiger partial charge is 0.165 e. The van der Waals surface area contributed by atoms with Gasteiger partial charge in [0.05, 0.1) is 12.2 Å². The molecule has 1 heterocycles. The average Bonchev–Trinajstić information content (AvgIpc) is 2.53. The SMILES string of the molecule is CC1(COc2cc(-c3ccc(O)c(F)c3)cc(N)c2C=N)CNC1. The average molecular weight is 329 g/mol. The molecule has 5 N–H and O–H groups in total. The minimum atomic E-state index is -0.697. The molecule has 1 fully saturated rings. The van der Waals surface area contributed by atoms with E-state index in [2.05, 4.69) is 12.2 Å². The largest absolute Gasteiger partial charge is 0.505 e. The number of nitrogens with two attached hydrogens (primary N) is 1. The van der Waals surface area contributed by atoms with E-state index in [4.69, 9.17) is 15.9 Å². The van der Waals surface area contributed by atoms with Crippen molar-refractivity contribution in [3.8, 4) is 22.6 Å². The van der Waals surface area contributed by atoms with Gasteiger partial charge in [-0.25, -0.2) is 4.39 Å². The number of hydrogen-bond acceptors (Lipinski definition) is 5. The quantitative estimate of drug-likeness (QED) is 0.501. The first-order valence-corrected chi connectivity index (χ1v) is 7.68. The summed E-state index contributed by atoms with van der Waals surface area (Å²) < 4.78 is 19.5.